The number of hydrogen-bond acceptors (Lipinski definition) is 3. The number of halogens is 2. The molecule has 0 radical (unpaired) electrons. The van der Waals surface area contributed by atoms with Crippen molar-refractivity contribution >= 4 is 55.6 Å². The van der Waals surface area contributed by atoms with Crippen molar-refractivity contribution in [2.75, 3.05) is 10.8 Å². The van der Waals surface area contributed by atoms with Gasteiger partial charge in [-0.3, -0.25) is 9.10 Å². The van der Waals surface area contributed by atoms with Crippen LogP contribution < -0.4 is 9.62 Å². The van der Waals surface area contributed by atoms with Gasteiger partial charge in [-0.2, -0.15) is 0 Å². The molecule has 0 unspecified atom stereocenters. The van der Waals surface area contributed by atoms with E-state index in [2.05, 4.69) is 5.32 Å². The molecule has 33 heavy (non-hydrogen) atoms. The number of nitrogens with zero attached hydrogens (tertiary/aromatic N) is 1. The van der Waals surface area contributed by atoms with Crippen molar-refractivity contribution in [3.05, 3.63) is 107 Å². The van der Waals surface area contributed by atoms with E-state index in [4.69, 9.17) is 23.2 Å². The molecule has 1 N–H and O–H groups in total. The number of benzene rings is 4. The zero-order chi connectivity index (χ0) is 23.4. The Balaban J connectivity index is 1.62. The number of nitrogens with one attached hydrogen (secondary N) is 1. The molecular formula is C25H20Cl2N2O3S. The summed E-state index contributed by atoms with van der Waals surface area (Å²) in [6.45, 7) is -0.204. The Labute approximate surface area is 202 Å². The van der Waals surface area contributed by atoms with E-state index in [0.717, 1.165) is 20.6 Å². The molecule has 0 aromatic heterocycles. The van der Waals surface area contributed by atoms with Crippen LogP contribution in [0.25, 0.3) is 10.8 Å². The molecule has 0 fully saturated rings. The van der Waals surface area contributed by atoms with E-state index in [1.165, 1.54) is 24.3 Å². The molecule has 0 aliphatic carbocycles. The lowest BCUT2D eigenvalue weighted by Crippen LogP contribution is -2.40. The third-order valence-corrected chi connectivity index (χ3v) is 7.48. The van der Waals surface area contributed by atoms with Crippen molar-refractivity contribution < 1.29 is 13.2 Å². The van der Waals surface area contributed by atoms with E-state index < -0.39 is 22.5 Å². The molecule has 0 aliphatic rings. The first-order chi connectivity index (χ1) is 15.9. The van der Waals surface area contributed by atoms with Gasteiger partial charge in [0, 0.05) is 11.6 Å². The fraction of sp³-hybridized carbons (Fsp3) is 0.0800. The molecule has 0 atom stereocenters. The highest BCUT2D eigenvalue weighted by Crippen LogP contribution is 2.32. The van der Waals surface area contributed by atoms with Gasteiger partial charge in [0.15, 0.2) is 0 Å². The number of carbonyl (C=O) groups is 1. The molecule has 168 valence electrons. The third kappa shape index (κ3) is 5.14. The topological polar surface area (TPSA) is 66.5 Å². The average Bonchev–Trinajstić information content (AvgIpc) is 2.83. The minimum absolute atomic E-state index is 0.0443. The van der Waals surface area contributed by atoms with Gasteiger partial charge < -0.3 is 5.32 Å². The van der Waals surface area contributed by atoms with Crippen LogP contribution in [0, 0.1) is 0 Å². The lowest BCUT2D eigenvalue weighted by Gasteiger charge is -2.25. The van der Waals surface area contributed by atoms with Gasteiger partial charge >= 0.3 is 0 Å². The van der Waals surface area contributed by atoms with E-state index >= 15 is 0 Å². The zero-order valence-electron chi connectivity index (χ0n) is 17.4. The first-order valence-corrected chi connectivity index (χ1v) is 12.3. The summed E-state index contributed by atoms with van der Waals surface area (Å²) in [7, 11) is -4.08. The number of sulfonamides is 1. The summed E-state index contributed by atoms with van der Waals surface area (Å²) < 4.78 is 27.8. The number of fused-ring (bicyclic) bond motifs is 1. The zero-order valence-corrected chi connectivity index (χ0v) is 19.7. The maximum absolute atomic E-state index is 13.4. The number of amides is 1. The molecule has 0 saturated carbocycles. The molecule has 0 aliphatic heterocycles. The SMILES string of the molecule is O=C(CN(c1cc(Cl)ccc1Cl)S(=O)(=O)c1ccccc1)NCc1cccc2ccccc12. The van der Waals surface area contributed by atoms with Crippen LogP contribution in [0.4, 0.5) is 5.69 Å². The molecule has 4 rings (SSSR count). The van der Waals surface area contributed by atoms with Gasteiger partial charge in [-0.1, -0.05) is 83.9 Å². The fourth-order valence-electron chi connectivity index (χ4n) is 3.52. The summed E-state index contributed by atoms with van der Waals surface area (Å²) in [6.07, 6.45) is 0. The highest BCUT2D eigenvalue weighted by atomic mass is 35.5. The van der Waals surface area contributed by atoms with Gasteiger partial charge in [0.25, 0.3) is 10.0 Å². The predicted octanol–water partition coefficient (Wildman–Crippen LogP) is 5.66. The van der Waals surface area contributed by atoms with Gasteiger partial charge in [0.1, 0.15) is 6.54 Å². The molecule has 0 spiro atoms. The number of rotatable bonds is 7. The molecule has 0 heterocycles. The maximum Gasteiger partial charge on any atom is 0.264 e. The standard InChI is InChI=1S/C25H20Cl2N2O3S/c26-20-13-14-23(27)24(15-20)29(33(31,32)21-10-2-1-3-11-21)17-25(30)28-16-19-9-6-8-18-7-4-5-12-22(18)19/h1-15H,16-17H2,(H,28,30). The van der Waals surface area contributed by atoms with Crippen molar-refractivity contribution in [2.24, 2.45) is 0 Å². The average molecular weight is 499 g/mol. The molecule has 0 saturated heterocycles. The summed E-state index contributed by atoms with van der Waals surface area (Å²) in [4.78, 5) is 13.0. The third-order valence-electron chi connectivity index (χ3n) is 5.15. The minimum Gasteiger partial charge on any atom is -0.350 e. The lowest BCUT2D eigenvalue weighted by atomic mass is 10.0. The van der Waals surface area contributed by atoms with E-state index in [9.17, 15) is 13.2 Å². The fourth-order valence-corrected chi connectivity index (χ4v) is 5.41. The second-order valence-electron chi connectivity index (χ2n) is 7.34. The van der Waals surface area contributed by atoms with Crippen LogP contribution in [0.5, 0.6) is 0 Å². The Morgan fingerprint density at radius 3 is 2.33 bits per heavy atom. The largest absolute Gasteiger partial charge is 0.350 e. The minimum atomic E-state index is -4.08. The van der Waals surface area contributed by atoms with Gasteiger partial charge in [-0.05, 0) is 46.7 Å². The summed E-state index contributed by atoms with van der Waals surface area (Å²) in [6, 6.07) is 26.1. The van der Waals surface area contributed by atoms with Gasteiger partial charge in [-0.15, -0.1) is 0 Å². The van der Waals surface area contributed by atoms with Gasteiger partial charge in [-0.25, -0.2) is 8.42 Å². The van der Waals surface area contributed by atoms with Crippen LogP contribution in [-0.2, 0) is 21.4 Å². The second kappa shape index (κ2) is 9.83. The molecule has 4 aromatic carbocycles. The van der Waals surface area contributed by atoms with Crippen LogP contribution in [0.2, 0.25) is 10.0 Å². The Morgan fingerprint density at radius 1 is 0.848 bits per heavy atom. The van der Waals surface area contributed by atoms with Crippen LogP contribution in [0.1, 0.15) is 5.56 Å². The molecule has 0 bridgehead atoms. The molecule has 1 amide bonds. The van der Waals surface area contributed by atoms with Gasteiger partial charge in [0.05, 0.1) is 15.6 Å². The van der Waals surface area contributed by atoms with E-state index in [1.807, 2.05) is 42.5 Å². The molecular weight excluding hydrogens is 479 g/mol. The summed E-state index contributed by atoms with van der Waals surface area (Å²) in [5, 5.41) is 5.38. The van der Waals surface area contributed by atoms with Crippen molar-refractivity contribution in [3.63, 3.8) is 0 Å². The van der Waals surface area contributed by atoms with Crippen LogP contribution in [-0.4, -0.2) is 20.9 Å². The second-order valence-corrected chi connectivity index (χ2v) is 10.0. The first kappa shape index (κ1) is 23.1. The lowest BCUT2D eigenvalue weighted by molar-refractivity contribution is -0.119. The van der Waals surface area contributed by atoms with E-state index in [-0.39, 0.29) is 22.2 Å². The Kier molecular flexibility index (Phi) is 6.88. The van der Waals surface area contributed by atoms with Gasteiger partial charge in [0.2, 0.25) is 5.91 Å². The molecule has 4 aromatic rings. The quantitative estimate of drug-likeness (QED) is 0.357. The Bertz CT molecular complexity index is 1400. The molecule has 5 nitrogen and oxygen atoms in total. The van der Waals surface area contributed by atoms with Crippen LogP contribution >= 0.6 is 23.2 Å². The highest BCUT2D eigenvalue weighted by Gasteiger charge is 2.28. The normalized spacial score (nSPS) is 11.3. The maximum atomic E-state index is 13.4. The summed E-state index contributed by atoms with van der Waals surface area (Å²) in [5.41, 5.74) is 1.06. The highest BCUT2D eigenvalue weighted by molar-refractivity contribution is 7.92. The van der Waals surface area contributed by atoms with Crippen LogP contribution in [0.15, 0.2) is 95.9 Å². The van der Waals surface area contributed by atoms with Crippen molar-refractivity contribution in [2.45, 2.75) is 11.4 Å². The Hall–Kier alpha value is -3.06. The smallest absolute Gasteiger partial charge is 0.264 e. The first-order valence-electron chi connectivity index (χ1n) is 10.1. The van der Waals surface area contributed by atoms with Crippen molar-refractivity contribution in [1.82, 2.24) is 5.32 Å². The monoisotopic (exact) mass is 498 g/mol. The number of carbonyl (C=O) groups excluding carboxylic acids is 1. The number of hydrogen-bond donors (Lipinski definition) is 1. The van der Waals surface area contributed by atoms with Crippen LogP contribution in [0.3, 0.4) is 0 Å². The van der Waals surface area contributed by atoms with E-state index in [0.29, 0.717) is 5.02 Å². The number of anilines is 1. The predicted molar refractivity (Wildman–Crippen MR) is 133 cm³/mol. The summed E-state index contributed by atoms with van der Waals surface area (Å²) in [5.74, 6) is -0.474. The molecule has 8 heteroatoms. The van der Waals surface area contributed by atoms with Crippen molar-refractivity contribution in [1.29, 1.82) is 0 Å². The summed E-state index contributed by atoms with van der Waals surface area (Å²) >= 11 is 12.4. The van der Waals surface area contributed by atoms with Crippen molar-refractivity contribution in [3.8, 4) is 0 Å². The Morgan fingerprint density at radius 2 is 1.55 bits per heavy atom. The van der Waals surface area contributed by atoms with E-state index in [1.54, 1.807) is 24.3 Å².